The van der Waals surface area contributed by atoms with E-state index in [4.69, 9.17) is 5.73 Å². The summed E-state index contributed by atoms with van der Waals surface area (Å²) in [4.78, 5) is 19.7. The van der Waals surface area contributed by atoms with E-state index in [0.717, 1.165) is 53.5 Å². The number of carbonyl (C=O) groups is 1. The third-order valence-electron chi connectivity index (χ3n) is 8.45. The maximum absolute atomic E-state index is 12.5. The Kier molecular flexibility index (Phi) is 7.50. The summed E-state index contributed by atoms with van der Waals surface area (Å²) in [6.07, 6.45) is 6.00. The molecule has 3 N–H and O–H groups in total. The molecule has 5 rings (SSSR count). The summed E-state index contributed by atoms with van der Waals surface area (Å²) in [6.45, 7) is 11.8. The highest BCUT2D eigenvalue weighted by molar-refractivity contribution is 7.89. The van der Waals surface area contributed by atoms with E-state index in [2.05, 4.69) is 48.2 Å². The number of benzene rings is 1. The number of nitrogens with one attached hydrogen (secondary N) is 1. The van der Waals surface area contributed by atoms with Gasteiger partial charge in [0.1, 0.15) is 0 Å². The molecule has 2 saturated heterocycles. The Morgan fingerprint density at radius 1 is 1.11 bits per heavy atom. The fraction of sp³-hybridized carbons (Fsp3) is 0.552. The number of aromatic amines is 1. The van der Waals surface area contributed by atoms with Crippen LogP contribution in [0.2, 0.25) is 0 Å². The molecule has 1 aromatic carbocycles. The van der Waals surface area contributed by atoms with E-state index in [0.29, 0.717) is 24.7 Å². The minimum Gasteiger partial charge on any atom is -0.366 e. The third kappa shape index (κ3) is 5.30. The number of primary amides is 1. The second kappa shape index (κ2) is 10.4. The maximum Gasteiger partial charge on any atom is 0.250 e. The average molecular weight is 557 g/mol. The third-order valence-corrected chi connectivity index (χ3v) is 11.3. The largest absolute Gasteiger partial charge is 0.366 e. The predicted molar refractivity (Wildman–Crippen MR) is 156 cm³/mol. The first-order chi connectivity index (χ1) is 18.0. The van der Waals surface area contributed by atoms with Crippen molar-refractivity contribution in [3.63, 3.8) is 0 Å². The molecule has 2 fully saturated rings. The van der Waals surface area contributed by atoms with Crippen molar-refractivity contribution >= 4 is 38.2 Å². The van der Waals surface area contributed by atoms with Crippen molar-refractivity contribution < 1.29 is 13.2 Å². The van der Waals surface area contributed by atoms with Crippen molar-refractivity contribution in [3.05, 3.63) is 45.8 Å². The molecule has 206 valence electrons. The van der Waals surface area contributed by atoms with Crippen LogP contribution in [0, 0.1) is 5.41 Å². The van der Waals surface area contributed by atoms with Gasteiger partial charge >= 0.3 is 0 Å². The van der Waals surface area contributed by atoms with Gasteiger partial charge in [0.25, 0.3) is 5.91 Å². The smallest absolute Gasteiger partial charge is 0.250 e. The number of amides is 1. The number of hydrogen-bond donors (Lipinski definition) is 2. The molecule has 38 heavy (non-hydrogen) atoms. The fourth-order valence-corrected chi connectivity index (χ4v) is 8.44. The van der Waals surface area contributed by atoms with E-state index in [-0.39, 0.29) is 17.1 Å². The molecule has 1 unspecified atom stereocenters. The van der Waals surface area contributed by atoms with E-state index in [1.54, 1.807) is 22.6 Å². The van der Waals surface area contributed by atoms with Crippen LogP contribution in [-0.2, 0) is 16.6 Å². The Bertz CT molecular complexity index is 1430. The summed E-state index contributed by atoms with van der Waals surface area (Å²) < 4.78 is 26.3. The molecule has 0 spiro atoms. The lowest BCUT2D eigenvalue weighted by Crippen LogP contribution is -2.38. The van der Waals surface area contributed by atoms with E-state index in [9.17, 15) is 13.2 Å². The number of rotatable bonds is 7. The monoisotopic (exact) mass is 556 g/mol. The number of likely N-dealkylation sites (tertiary alicyclic amines) is 1. The summed E-state index contributed by atoms with van der Waals surface area (Å²) >= 11 is 1.77. The standard InChI is InChI=1S/C29H40N4O3S2/c1-5-38(35,36)33-11-8-19(9-12-33)25-16-31-27-23(25)14-20(15-24(27)28(30)34)21-13-22(37-18-21)17-32-10-6-7-26(32)29(2,3)4/h13-16,18-19,26,31H,5-12,17H2,1-4H3,(H2,30,34). The van der Waals surface area contributed by atoms with Crippen LogP contribution in [-0.4, -0.2) is 59.9 Å². The lowest BCUT2D eigenvalue weighted by molar-refractivity contribution is 0.100. The molecule has 0 aliphatic carbocycles. The van der Waals surface area contributed by atoms with Crippen LogP contribution < -0.4 is 5.73 Å². The highest BCUT2D eigenvalue weighted by atomic mass is 32.2. The number of thiophene rings is 1. The summed E-state index contributed by atoms with van der Waals surface area (Å²) in [7, 11) is -3.17. The van der Waals surface area contributed by atoms with Crippen molar-refractivity contribution in [1.82, 2.24) is 14.2 Å². The minimum absolute atomic E-state index is 0.132. The van der Waals surface area contributed by atoms with Crippen LogP contribution in [0.1, 0.15) is 80.1 Å². The number of nitrogens with two attached hydrogens (primary N) is 1. The van der Waals surface area contributed by atoms with Gasteiger partial charge in [-0.3, -0.25) is 9.69 Å². The molecule has 1 atom stereocenters. The van der Waals surface area contributed by atoms with Gasteiger partial charge in [-0.25, -0.2) is 12.7 Å². The zero-order chi connectivity index (χ0) is 27.2. The van der Waals surface area contributed by atoms with Crippen molar-refractivity contribution in [2.24, 2.45) is 11.1 Å². The molecule has 0 saturated carbocycles. The molecule has 9 heteroatoms. The number of hydrogen-bond acceptors (Lipinski definition) is 5. The van der Waals surface area contributed by atoms with E-state index in [1.165, 1.54) is 17.7 Å². The molecule has 0 radical (unpaired) electrons. The number of carbonyl (C=O) groups excluding carboxylic acids is 1. The molecule has 2 aliphatic heterocycles. The topological polar surface area (TPSA) is 99.5 Å². The van der Waals surface area contributed by atoms with Gasteiger partial charge in [-0.2, -0.15) is 0 Å². The van der Waals surface area contributed by atoms with E-state index >= 15 is 0 Å². The lowest BCUT2D eigenvalue weighted by atomic mass is 9.85. The van der Waals surface area contributed by atoms with Crippen molar-refractivity contribution in [3.8, 4) is 11.1 Å². The van der Waals surface area contributed by atoms with Crippen LogP contribution in [0.4, 0.5) is 0 Å². The second-order valence-electron chi connectivity index (χ2n) is 11.9. The number of piperidine rings is 1. The molecule has 1 amide bonds. The van der Waals surface area contributed by atoms with Crippen LogP contribution in [0.5, 0.6) is 0 Å². The molecule has 2 aromatic heterocycles. The molecule has 0 bridgehead atoms. The van der Waals surface area contributed by atoms with Gasteiger partial charge in [0, 0.05) is 42.1 Å². The molecular formula is C29H40N4O3S2. The Hall–Kier alpha value is -2.20. The zero-order valence-electron chi connectivity index (χ0n) is 22.9. The van der Waals surface area contributed by atoms with E-state index < -0.39 is 15.9 Å². The van der Waals surface area contributed by atoms with Crippen LogP contribution in [0.3, 0.4) is 0 Å². The highest BCUT2D eigenvalue weighted by Crippen LogP contribution is 2.39. The van der Waals surface area contributed by atoms with Crippen LogP contribution in [0.25, 0.3) is 22.0 Å². The van der Waals surface area contributed by atoms with E-state index in [1.807, 2.05) is 12.3 Å². The molecule has 4 heterocycles. The maximum atomic E-state index is 12.5. The fourth-order valence-electron chi connectivity index (χ4n) is 6.39. The summed E-state index contributed by atoms with van der Waals surface area (Å²) in [5.74, 6) is -0.0897. The van der Waals surface area contributed by atoms with Gasteiger partial charge in [0.05, 0.1) is 16.8 Å². The van der Waals surface area contributed by atoms with Crippen molar-refractivity contribution in [1.29, 1.82) is 0 Å². The first kappa shape index (κ1) is 27.4. The van der Waals surface area contributed by atoms with Crippen molar-refractivity contribution in [2.45, 2.75) is 71.9 Å². The Morgan fingerprint density at radius 2 is 1.84 bits per heavy atom. The first-order valence-corrected chi connectivity index (χ1v) is 16.2. The molecular weight excluding hydrogens is 516 g/mol. The first-order valence-electron chi connectivity index (χ1n) is 13.7. The van der Waals surface area contributed by atoms with Crippen LogP contribution >= 0.6 is 11.3 Å². The lowest BCUT2D eigenvalue weighted by Gasteiger charge is -2.34. The van der Waals surface area contributed by atoms with Gasteiger partial charge in [-0.15, -0.1) is 11.3 Å². The van der Waals surface area contributed by atoms with Gasteiger partial charge < -0.3 is 10.7 Å². The Labute approximate surface area is 230 Å². The minimum atomic E-state index is -3.17. The summed E-state index contributed by atoms with van der Waals surface area (Å²) in [5.41, 5.74) is 10.6. The van der Waals surface area contributed by atoms with Gasteiger partial charge in [0.15, 0.2) is 0 Å². The van der Waals surface area contributed by atoms with Gasteiger partial charge in [0.2, 0.25) is 10.0 Å². The predicted octanol–water partition coefficient (Wildman–Crippen LogP) is 5.53. The Balaban J connectivity index is 1.43. The normalized spacial score (nSPS) is 20.5. The molecule has 3 aromatic rings. The second-order valence-corrected chi connectivity index (χ2v) is 15.2. The van der Waals surface area contributed by atoms with Gasteiger partial charge in [-0.05, 0) is 90.8 Å². The number of fused-ring (bicyclic) bond motifs is 1. The Morgan fingerprint density at radius 3 is 2.50 bits per heavy atom. The molecule has 2 aliphatic rings. The summed E-state index contributed by atoms with van der Waals surface area (Å²) in [5, 5.41) is 3.19. The number of aromatic nitrogens is 1. The van der Waals surface area contributed by atoms with Gasteiger partial charge in [-0.1, -0.05) is 20.8 Å². The molecule has 7 nitrogen and oxygen atoms in total. The van der Waals surface area contributed by atoms with Crippen LogP contribution in [0.15, 0.2) is 29.8 Å². The SMILES string of the molecule is CCS(=O)(=O)N1CCC(c2c[nH]c3c(C(N)=O)cc(-c4csc(CN5CCCC5C(C)(C)C)c4)cc23)CC1. The zero-order valence-corrected chi connectivity index (χ0v) is 24.6. The number of sulfonamides is 1. The number of nitrogens with zero attached hydrogens (tertiary/aromatic N) is 2. The number of H-pyrrole nitrogens is 1. The highest BCUT2D eigenvalue weighted by Gasteiger charge is 2.34. The average Bonchev–Trinajstić information content (AvgIpc) is 3.63. The quantitative estimate of drug-likeness (QED) is 0.399. The van der Waals surface area contributed by atoms with Crippen molar-refractivity contribution in [2.75, 3.05) is 25.4 Å². The summed E-state index contributed by atoms with van der Waals surface area (Å²) in [6, 6.07) is 6.92.